The quantitative estimate of drug-likeness (QED) is 0.528. The van der Waals surface area contributed by atoms with Crippen molar-refractivity contribution >= 4 is 5.96 Å². The fourth-order valence-electron chi connectivity index (χ4n) is 3.12. The van der Waals surface area contributed by atoms with Crippen LogP contribution in [0.2, 0.25) is 0 Å². The zero-order chi connectivity index (χ0) is 19.3. The van der Waals surface area contributed by atoms with Crippen LogP contribution in [0.25, 0.3) is 11.3 Å². The average Bonchev–Trinajstić information content (AvgIpc) is 3.38. The first-order chi connectivity index (χ1) is 13.7. The van der Waals surface area contributed by atoms with Gasteiger partial charge in [-0.2, -0.15) is 0 Å². The maximum absolute atomic E-state index is 5.43. The smallest absolute Gasteiger partial charge is 0.231 e. The van der Waals surface area contributed by atoms with E-state index in [1.807, 2.05) is 54.5 Å². The van der Waals surface area contributed by atoms with E-state index in [0.717, 1.165) is 40.1 Å². The molecule has 7 nitrogen and oxygen atoms in total. The second-order valence-electron chi connectivity index (χ2n) is 6.55. The van der Waals surface area contributed by atoms with E-state index in [9.17, 15) is 0 Å². The molecule has 0 spiro atoms. The molecule has 2 N–H and O–H groups in total. The summed E-state index contributed by atoms with van der Waals surface area (Å²) in [6, 6.07) is 16.1. The van der Waals surface area contributed by atoms with Crippen LogP contribution in [-0.4, -0.2) is 41.7 Å². The maximum atomic E-state index is 5.43. The third kappa shape index (κ3) is 3.93. The van der Waals surface area contributed by atoms with Crippen molar-refractivity contribution in [3.8, 4) is 22.8 Å². The summed E-state index contributed by atoms with van der Waals surface area (Å²) in [6.45, 7) is 1.54. The van der Waals surface area contributed by atoms with E-state index in [0.29, 0.717) is 13.1 Å². The summed E-state index contributed by atoms with van der Waals surface area (Å²) in [5, 5.41) is 3.37. The van der Waals surface area contributed by atoms with Gasteiger partial charge in [0.25, 0.3) is 0 Å². The molecule has 0 unspecified atom stereocenters. The van der Waals surface area contributed by atoms with E-state index in [1.165, 1.54) is 0 Å². The van der Waals surface area contributed by atoms with Crippen LogP contribution in [0.5, 0.6) is 11.5 Å². The molecule has 2 aromatic carbocycles. The number of imidazole rings is 1. The Balaban J connectivity index is 1.37. The maximum Gasteiger partial charge on any atom is 0.231 e. The van der Waals surface area contributed by atoms with Gasteiger partial charge in [0.05, 0.1) is 18.4 Å². The van der Waals surface area contributed by atoms with E-state index in [2.05, 4.69) is 32.4 Å². The number of hydrogen-bond donors (Lipinski definition) is 2. The molecule has 0 bridgehead atoms. The van der Waals surface area contributed by atoms with Gasteiger partial charge in [0.15, 0.2) is 17.5 Å². The number of hydrogen-bond acceptors (Lipinski definition) is 4. The molecule has 7 heteroatoms. The predicted molar refractivity (Wildman–Crippen MR) is 108 cm³/mol. The highest BCUT2D eigenvalue weighted by Gasteiger charge is 2.14. The molecule has 0 amide bonds. The first-order valence-corrected chi connectivity index (χ1v) is 9.12. The number of benzene rings is 2. The Kier molecular flexibility index (Phi) is 5.14. The third-order valence-electron chi connectivity index (χ3n) is 4.56. The second-order valence-corrected chi connectivity index (χ2v) is 6.55. The largest absolute Gasteiger partial charge is 0.454 e. The van der Waals surface area contributed by atoms with Gasteiger partial charge in [0.1, 0.15) is 5.82 Å². The minimum atomic E-state index is 0.282. The molecular formula is C21H23N5O2. The Morgan fingerprint density at radius 3 is 2.82 bits per heavy atom. The Bertz CT molecular complexity index is 968. The summed E-state index contributed by atoms with van der Waals surface area (Å²) in [4.78, 5) is 14.3. The molecule has 0 saturated heterocycles. The van der Waals surface area contributed by atoms with E-state index in [1.54, 1.807) is 7.05 Å². The summed E-state index contributed by atoms with van der Waals surface area (Å²) >= 11 is 0. The monoisotopic (exact) mass is 377 g/mol. The molecule has 1 aromatic heterocycles. The van der Waals surface area contributed by atoms with Crippen LogP contribution in [0.4, 0.5) is 0 Å². The van der Waals surface area contributed by atoms with E-state index >= 15 is 0 Å². The van der Waals surface area contributed by atoms with Crippen LogP contribution < -0.4 is 14.8 Å². The highest BCUT2D eigenvalue weighted by molar-refractivity contribution is 5.79. The number of nitrogens with zero attached hydrogens (tertiary/aromatic N) is 3. The summed E-state index contributed by atoms with van der Waals surface area (Å²) < 4.78 is 10.8. The van der Waals surface area contributed by atoms with Gasteiger partial charge in [-0.1, -0.05) is 36.4 Å². The Morgan fingerprint density at radius 1 is 1.18 bits per heavy atom. The summed E-state index contributed by atoms with van der Waals surface area (Å²) in [6.07, 6.45) is 1.86. The summed E-state index contributed by atoms with van der Waals surface area (Å²) in [5.41, 5.74) is 3.23. The summed E-state index contributed by atoms with van der Waals surface area (Å²) in [5.74, 6) is 3.24. The molecule has 144 valence electrons. The van der Waals surface area contributed by atoms with Gasteiger partial charge < -0.3 is 24.7 Å². The third-order valence-corrected chi connectivity index (χ3v) is 4.56. The number of nitrogens with one attached hydrogen (secondary N) is 2. The standard InChI is InChI=1S/C21H23N5O2/c1-22-21(24-11-15-8-9-18-19(10-15)28-14-27-18)26(2)13-20-23-12-17(25-20)16-6-4-3-5-7-16/h3-10,12H,11,13-14H2,1-2H3,(H,22,24)(H,23,25). The van der Waals surface area contributed by atoms with Gasteiger partial charge in [-0.15, -0.1) is 0 Å². The number of rotatable bonds is 5. The first-order valence-electron chi connectivity index (χ1n) is 9.12. The normalized spacial score (nSPS) is 12.9. The minimum absolute atomic E-state index is 0.282. The lowest BCUT2D eigenvalue weighted by molar-refractivity contribution is 0.174. The number of aliphatic imine (C=N–C) groups is 1. The number of aromatic nitrogens is 2. The van der Waals surface area contributed by atoms with Crippen molar-refractivity contribution in [2.24, 2.45) is 4.99 Å². The van der Waals surface area contributed by atoms with Gasteiger partial charge in [0, 0.05) is 20.6 Å². The Hall–Kier alpha value is -3.48. The van der Waals surface area contributed by atoms with Crippen molar-refractivity contribution in [1.29, 1.82) is 0 Å². The van der Waals surface area contributed by atoms with Crippen molar-refractivity contribution in [1.82, 2.24) is 20.2 Å². The molecule has 0 saturated carbocycles. The number of H-pyrrole nitrogens is 1. The molecule has 2 heterocycles. The molecule has 1 aliphatic heterocycles. The molecule has 28 heavy (non-hydrogen) atoms. The lowest BCUT2D eigenvalue weighted by atomic mass is 10.2. The van der Waals surface area contributed by atoms with Gasteiger partial charge >= 0.3 is 0 Å². The number of ether oxygens (including phenoxy) is 2. The minimum Gasteiger partial charge on any atom is -0.454 e. The zero-order valence-corrected chi connectivity index (χ0v) is 16.0. The number of guanidine groups is 1. The highest BCUT2D eigenvalue weighted by atomic mass is 16.7. The van der Waals surface area contributed by atoms with Crippen LogP contribution >= 0.6 is 0 Å². The van der Waals surface area contributed by atoms with Crippen molar-refractivity contribution < 1.29 is 9.47 Å². The molecule has 3 aromatic rings. The zero-order valence-electron chi connectivity index (χ0n) is 16.0. The molecule has 0 atom stereocenters. The summed E-state index contributed by atoms with van der Waals surface area (Å²) in [7, 11) is 3.76. The van der Waals surface area contributed by atoms with Crippen molar-refractivity contribution in [3.05, 3.63) is 66.1 Å². The van der Waals surface area contributed by atoms with Crippen LogP contribution in [0.15, 0.2) is 59.7 Å². The van der Waals surface area contributed by atoms with Crippen molar-refractivity contribution in [2.75, 3.05) is 20.9 Å². The molecular weight excluding hydrogens is 354 g/mol. The molecule has 0 radical (unpaired) electrons. The van der Waals surface area contributed by atoms with Crippen LogP contribution in [0.3, 0.4) is 0 Å². The van der Waals surface area contributed by atoms with Gasteiger partial charge in [-0.3, -0.25) is 4.99 Å². The SMILES string of the molecule is CN=C(NCc1ccc2c(c1)OCO2)N(C)Cc1ncc(-c2ccccc2)[nH]1. The molecule has 0 aliphatic carbocycles. The van der Waals surface area contributed by atoms with Crippen LogP contribution in [0, 0.1) is 0 Å². The molecule has 1 aliphatic rings. The lowest BCUT2D eigenvalue weighted by Crippen LogP contribution is -2.38. The topological polar surface area (TPSA) is 74.8 Å². The van der Waals surface area contributed by atoms with E-state index < -0.39 is 0 Å². The Labute approximate surface area is 164 Å². The first kappa shape index (κ1) is 17.9. The predicted octanol–water partition coefficient (Wildman–Crippen LogP) is 3.01. The van der Waals surface area contributed by atoms with Crippen LogP contribution in [-0.2, 0) is 13.1 Å². The highest BCUT2D eigenvalue weighted by Crippen LogP contribution is 2.32. The fraction of sp³-hybridized carbons (Fsp3) is 0.238. The van der Waals surface area contributed by atoms with E-state index in [4.69, 9.17) is 9.47 Å². The fourth-order valence-corrected chi connectivity index (χ4v) is 3.12. The van der Waals surface area contributed by atoms with Crippen molar-refractivity contribution in [2.45, 2.75) is 13.1 Å². The number of fused-ring (bicyclic) bond motifs is 1. The average molecular weight is 377 g/mol. The van der Waals surface area contributed by atoms with Gasteiger partial charge in [0.2, 0.25) is 6.79 Å². The molecule has 4 rings (SSSR count). The second kappa shape index (κ2) is 8.04. The number of aromatic amines is 1. The lowest BCUT2D eigenvalue weighted by Gasteiger charge is -2.21. The van der Waals surface area contributed by atoms with Gasteiger partial charge in [-0.25, -0.2) is 4.98 Å². The van der Waals surface area contributed by atoms with Gasteiger partial charge in [-0.05, 0) is 23.3 Å². The van der Waals surface area contributed by atoms with Crippen molar-refractivity contribution in [3.63, 3.8) is 0 Å². The Morgan fingerprint density at radius 2 is 2.00 bits per heavy atom. The van der Waals surface area contributed by atoms with Crippen LogP contribution in [0.1, 0.15) is 11.4 Å². The molecule has 0 fully saturated rings. The van der Waals surface area contributed by atoms with E-state index in [-0.39, 0.29) is 6.79 Å².